The SMILES string of the molecule is CCNc1cc(Cn2cc(Cl)c([N+](=O)[O-])n2)ccn1. The van der Waals surface area contributed by atoms with Gasteiger partial charge in [-0.1, -0.05) is 11.6 Å². The van der Waals surface area contributed by atoms with Crippen molar-refractivity contribution in [3.63, 3.8) is 0 Å². The fraction of sp³-hybridized carbons (Fsp3) is 0.273. The number of anilines is 1. The third-order valence-electron chi connectivity index (χ3n) is 2.40. The van der Waals surface area contributed by atoms with Gasteiger partial charge in [0.15, 0.2) is 5.02 Å². The third kappa shape index (κ3) is 3.19. The van der Waals surface area contributed by atoms with Crippen molar-refractivity contribution in [3.8, 4) is 0 Å². The average molecular weight is 282 g/mol. The van der Waals surface area contributed by atoms with Crippen molar-refractivity contribution in [3.05, 3.63) is 45.2 Å². The summed E-state index contributed by atoms with van der Waals surface area (Å²) in [7, 11) is 0. The van der Waals surface area contributed by atoms with Crippen molar-refractivity contribution >= 4 is 23.2 Å². The first-order valence-corrected chi connectivity index (χ1v) is 6.04. The summed E-state index contributed by atoms with van der Waals surface area (Å²) >= 11 is 5.74. The van der Waals surface area contributed by atoms with Crippen molar-refractivity contribution in [1.29, 1.82) is 0 Å². The highest BCUT2D eigenvalue weighted by atomic mass is 35.5. The van der Waals surface area contributed by atoms with Gasteiger partial charge in [0.1, 0.15) is 5.82 Å². The number of rotatable bonds is 5. The summed E-state index contributed by atoms with van der Waals surface area (Å²) in [5.41, 5.74) is 0.931. The predicted octanol–water partition coefficient (Wildman–Crippen LogP) is 2.32. The normalized spacial score (nSPS) is 10.4. The Bertz CT molecular complexity index is 599. The third-order valence-corrected chi connectivity index (χ3v) is 2.67. The van der Waals surface area contributed by atoms with Crippen LogP contribution in [0.1, 0.15) is 12.5 Å². The van der Waals surface area contributed by atoms with Gasteiger partial charge in [-0.25, -0.2) is 4.98 Å². The Balaban J connectivity index is 2.19. The van der Waals surface area contributed by atoms with Gasteiger partial charge in [0.25, 0.3) is 0 Å². The Kier molecular flexibility index (Phi) is 3.96. The summed E-state index contributed by atoms with van der Waals surface area (Å²) < 4.78 is 1.44. The second kappa shape index (κ2) is 5.66. The Morgan fingerprint density at radius 2 is 2.37 bits per heavy atom. The van der Waals surface area contributed by atoms with Gasteiger partial charge in [0, 0.05) is 12.7 Å². The monoisotopic (exact) mass is 281 g/mol. The Labute approximate surface area is 114 Å². The minimum Gasteiger partial charge on any atom is -0.370 e. The molecule has 2 aromatic heterocycles. The first kappa shape index (κ1) is 13.3. The highest BCUT2D eigenvalue weighted by molar-refractivity contribution is 6.32. The van der Waals surface area contributed by atoms with Gasteiger partial charge >= 0.3 is 5.82 Å². The van der Waals surface area contributed by atoms with Crippen LogP contribution in [0.5, 0.6) is 0 Å². The van der Waals surface area contributed by atoms with Crippen LogP contribution in [0.15, 0.2) is 24.5 Å². The predicted molar refractivity (Wildman–Crippen MR) is 71.4 cm³/mol. The molecule has 0 saturated heterocycles. The molecular weight excluding hydrogens is 270 g/mol. The van der Waals surface area contributed by atoms with Crippen LogP contribution < -0.4 is 5.32 Å². The van der Waals surface area contributed by atoms with Gasteiger partial charge in [0.2, 0.25) is 0 Å². The van der Waals surface area contributed by atoms with Crippen molar-refractivity contribution < 1.29 is 4.92 Å². The smallest absolute Gasteiger partial charge is 0.370 e. The summed E-state index contributed by atoms with van der Waals surface area (Å²) in [4.78, 5) is 14.2. The van der Waals surface area contributed by atoms with E-state index in [1.807, 2.05) is 19.1 Å². The van der Waals surface area contributed by atoms with Crippen LogP contribution in [-0.4, -0.2) is 26.2 Å². The van der Waals surface area contributed by atoms with Crippen molar-refractivity contribution in [2.24, 2.45) is 0 Å². The first-order valence-electron chi connectivity index (χ1n) is 5.66. The zero-order valence-electron chi connectivity index (χ0n) is 10.2. The molecule has 0 aromatic carbocycles. The van der Waals surface area contributed by atoms with Crippen LogP contribution in [-0.2, 0) is 6.54 Å². The summed E-state index contributed by atoms with van der Waals surface area (Å²) in [6.07, 6.45) is 3.11. The van der Waals surface area contributed by atoms with Gasteiger partial charge in [-0.3, -0.25) is 0 Å². The summed E-state index contributed by atoms with van der Waals surface area (Å²) in [6, 6.07) is 3.69. The number of hydrogen-bond acceptors (Lipinski definition) is 5. The molecule has 0 fully saturated rings. The Hall–Kier alpha value is -2.15. The maximum Gasteiger partial charge on any atom is 0.408 e. The molecule has 2 aromatic rings. The molecule has 0 amide bonds. The molecule has 1 N–H and O–H groups in total. The largest absolute Gasteiger partial charge is 0.408 e. The van der Waals surface area contributed by atoms with Gasteiger partial charge in [-0.15, -0.1) is 0 Å². The summed E-state index contributed by atoms with van der Waals surface area (Å²) in [5, 5.41) is 17.6. The number of nitrogens with one attached hydrogen (secondary N) is 1. The molecule has 0 saturated carbocycles. The highest BCUT2D eigenvalue weighted by Gasteiger charge is 2.18. The van der Waals surface area contributed by atoms with E-state index in [1.165, 1.54) is 10.9 Å². The molecule has 0 atom stereocenters. The number of aromatic nitrogens is 3. The summed E-state index contributed by atoms with van der Waals surface area (Å²) in [6.45, 7) is 3.15. The standard InChI is InChI=1S/C11H12ClN5O2/c1-2-13-10-5-8(3-4-14-10)6-16-7-9(12)11(15-16)17(18)19/h3-5,7H,2,6H2,1H3,(H,13,14). The zero-order valence-corrected chi connectivity index (χ0v) is 11.0. The molecule has 100 valence electrons. The van der Waals surface area contributed by atoms with E-state index in [2.05, 4.69) is 15.4 Å². The van der Waals surface area contributed by atoms with E-state index in [9.17, 15) is 10.1 Å². The van der Waals surface area contributed by atoms with Crippen molar-refractivity contribution in [2.75, 3.05) is 11.9 Å². The van der Waals surface area contributed by atoms with Gasteiger partial charge < -0.3 is 15.4 Å². The van der Waals surface area contributed by atoms with Crippen LogP contribution in [0, 0.1) is 10.1 Å². The fourth-order valence-corrected chi connectivity index (χ4v) is 1.85. The molecule has 0 aliphatic rings. The molecule has 0 aliphatic heterocycles. The molecule has 0 aliphatic carbocycles. The minimum absolute atomic E-state index is 0.0333. The van der Waals surface area contributed by atoms with E-state index in [0.29, 0.717) is 6.54 Å². The molecule has 0 unspecified atom stereocenters. The highest BCUT2D eigenvalue weighted by Crippen LogP contribution is 2.22. The number of nitro groups is 1. The molecule has 0 radical (unpaired) electrons. The van der Waals surface area contributed by atoms with Crippen molar-refractivity contribution in [1.82, 2.24) is 14.8 Å². The average Bonchev–Trinajstić information content (AvgIpc) is 2.71. The quantitative estimate of drug-likeness (QED) is 0.671. The Morgan fingerprint density at radius 1 is 1.58 bits per heavy atom. The number of nitrogens with zero attached hydrogens (tertiary/aromatic N) is 4. The molecule has 0 spiro atoms. The molecular formula is C11H12ClN5O2. The second-order valence-electron chi connectivity index (χ2n) is 3.83. The maximum absolute atomic E-state index is 10.7. The maximum atomic E-state index is 10.7. The zero-order chi connectivity index (χ0) is 13.8. The Morgan fingerprint density at radius 3 is 3.00 bits per heavy atom. The van der Waals surface area contributed by atoms with Crippen LogP contribution in [0.3, 0.4) is 0 Å². The van der Waals surface area contributed by atoms with E-state index in [-0.39, 0.29) is 10.8 Å². The molecule has 0 bridgehead atoms. The molecule has 19 heavy (non-hydrogen) atoms. The summed E-state index contributed by atoms with van der Waals surface area (Å²) in [5.74, 6) is 0.426. The first-order chi connectivity index (χ1) is 9.10. The van der Waals surface area contributed by atoms with E-state index < -0.39 is 4.92 Å². The lowest BCUT2D eigenvalue weighted by Gasteiger charge is -2.04. The van der Waals surface area contributed by atoms with Crippen LogP contribution >= 0.6 is 11.6 Å². The van der Waals surface area contributed by atoms with Gasteiger partial charge in [-0.2, -0.15) is 4.68 Å². The van der Waals surface area contributed by atoms with Crippen LogP contribution in [0.25, 0.3) is 0 Å². The van der Waals surface area contributed by atoms with Gasteiger partial charge in [-0.05, 0) is 29.5 Å². The van der Waals surface area contributed by atoms with E-state index in [1.54, 1.807) is 6.20 Å². The number of pyridine rings is 1. The topological polar surface area (TPSA) is 85.9 Å². The van der Waals surface area contributed by atoms with E-state index in [4.69, 9.17) is 11.6 Å². The lowest BCUT2D eigenvalue weighted by Crippen LogP contribution is -2.04. The number of hydrogen-bond donors (Lipinski definition) is 1. The lowest BCUT2D eigenvalue weighted by molar-refractivity contribution is -0.389. The van der Waals surface area contributed by atoms with Gasteiger partial charge in [0.05, 0.1) is 17.8 Å². The van der Waals surface area contributed by atoms with Crippen molar-refractivity contribution in [2.45, 2.75) is 13.5 Å². The number of halogens is 1. The fourth-order valence-electron chi connectivity index (χ4n) is 1.63. The molecule has 2 rings (SSSR count). The molecule has 7 nitrogen and oxygen atoms in total. The van der Waals surface area contributed by atoms with E-state index in [0.717, 1.165) is 17.9 Å². The second-order valence-corrected chi connectivity index (χ2v) is 4.24. The molecule has 2 heterocycles. The minimum atomic E-state index is -0.602. The van der Waals surface area contributed by atoms with E-state index >= 15 is 0 Å². The lowest BCUT2D eigenvalue weighted by atomic mass is 10.2. The molecule has 8 heteroatoms. The van der Waals surface area contributed by atoms with Crippen LogP contribution in [0.4, 0.5) is 11.6 Å². The van der Waals surface area contributed by atoms with Crippen LogP contribution in [0.2, 0.25) is 5.02 Å².